The standard InChI is InChI=1S/C18H17BrN2O/c1-4-12-8-13(19)9-15-16(12)21-18(22)17(15)20-14-6-5-10(2)11(3)7-14/h5-9H,4H2,1-3H3,(H,20,21,22). The van der Waals surface area contributed by atoms with Gasteiger partial charge in [-0.3, -0.25) is 4.79 Å². The van der Waals surface area contributed by atoms with Crippen LogP contribution >= 0.6 is 15.9 Å². The van der Waals surface area contributed by atoms with Crippen molar-refractivity contribution in [2.45, 2.75) is 27.2 Å². The third-order valence-electron chi connectivity index (χ3n) is 4.01. The van der Waals surface area contributed by atoms with Crippen LogP contribution < -0.4 is 5.32 Å². The van der Waals surface area contributed by atoms with Gasteiger partial charge in [-0.1, -0.05) is 28.9 Å². The van der Waals surface area contributed by atoms with Crippen LogP contribution in [0.3, 0.4) is 0 Å². The van der Waals surface area contributed by atoms with E-state index >= 15 is 0 Å². The van der Waals surface area contributed by atoms with Crippen molar-refractivity contribution in [2.24, 2.45) is 4.99 Å². The number of hydrogen-bond donors (Lipinski definition) is 1. The molecule has 112 valence electrons. The maximum Gasteiger partial charge on any atom is 0.275 e. The topological polar surface area (TPSA) is 41.5 Å². The van der Waals surface area contributed by atoms with Gasteiger partial charge in [0.05, 0.1) is 11.4 Å². The van der Waals surface area contributed by atoms with E-state index in [2.05, 4.69) is 40.1 Å². The van der Waals surface area contributed by atoms with E-state index in [9.17, 15) is 4.79 Å². The number of amides is 1. The van der Waals surface area contributed by atoms with E-state index < -0.39 is 0 Å². The first-order valence-corrected chi connectivity index (χ1v) is 8.09. The van der Waals surface area contributed by atoms with Gasteiger partial charge < -0.3 is 5.32 Å². The van der Waals surface area contributed by atoms with Crippen LogP contribution in [0.2, 0.25) is 0 Å². The molecule has 0 atom stereocenters. The summed E-state index contributed by atoms with van der Waals surface area (Å²) in [5, 5.41) is 2.95. The number of fused-ring (bicyclic) bond motifs is 1. The molecule has 0 saturated carbocycles. The number of anilines is 1. The van der Waals surface area contributed by atoms with Crippen molar-refractivity contribution in [3.05, 3.63) is 57.1 Å². The SMILES string of the molecule is CCc1cc(Br)cc2c1NC(=O)C2=Nc1ccc(C)c(C)c1. The van der Waals surface area contributed by atoms with Crippen molar-refractivity contribution in [1.82, 2.24) is 0 Å². The molecule has 3 rings (SSSR count). The normalized spacial score (nSPS) is 15.1. The number of hydrogen-bond acceptors (Lipinski definition) is 2. The maximum atomic E-state index is 12.3. The van der Waals surface area contributed by atoms with Gasteiger partial charge in [0.15, 0.2) is 0 Å². The summed E-state index contributed by atoms with van der Waals surface area (Å²) < 4.78 is 0.965. The minimum Gasteiger partial charge on any atom is -0.320 e. The molecule has 0 aromatic heterocycles. The maximum absolute atomic E-state index is 12.3. The van der Waals surface area contributed by atoms with Crippen molar-refractivity contribution >= 4 is 38.9 Å². The monoisotopic (exact) mass is 356 g/mol. The molecule has 0 unspecified atom stereocenters. The lowest BCUT2D eigenvalue weighted by molar-refractivity contribution is -0.110. The minimum absolute atomic E-state index is 0.138. The fourth-order valence-corrected chi connectivity index (χ4v) is 3.11. The van der Waals surface area contributed by atoms with Crippen molar-refractivity contribution in [1.29, 1.82) is 0 Å². The number of carbonyl (C=O) groups excluding carboxylic acids is 1. The van der Waals surface area contributed by atoms with E-state index in [-0.39, 0.29) is 5.91 Å². The van der Waals surface area contributed by atoms with E-state index in [0.29, 0.717) is 5.71 Å². The zero-order valence-corrected chi connectivity index (χ0v) is 14.4. The summed E-state index contributed by atoms with van der Waals surface area (Å²) in [4.78, 5) is 16.9. The number of rotatable bonds is 2. The lowest BCUT2D eigenvalue weighted by atomic mass is 10.0. The summed E-state index contributed by atoms with van der Waals surface area (Å²) >= 11 is 3.52. The van der Waals surface area contributed by atoms with E-state index in [4.69, 9.17) is 0 Å². The Morgan fingerprint density at radius 1 is 1.14 bits per heavy atom. The predicted octanol–water partition coefficient (Wildman–Crippen LogP) is 4.70. The average molecular weight is 357 g/mol. The first-order chi connectivity index (χ1) is 10.5. The fourth-order valence-electron chi connectivity index (χ4n) is 2.61. The van der Waals surface area contributed by atoms with Gasteiger partial charge in [-0.2, -0.15) is 0 Å². The Kier molecular flexibility index (Phi) is 3.87. The smallest absolute Gasteiger partial charge is 0.275 e. The van der Waals surface area contributed by atoms with Gasteiger partial charge in [0.1, 0.15) is 5.71 Å². The summed E-state index contributed by atoms with van der Waals surface area (Å²) in [5.74, 6) is -0.138. The van der Waals surface area contributed by atoms with Crippen molar-refractivity contribution < 1.29 is 4.79 Å². The van der Waals surface area contributed by atoms with Crippen LogP contribution in [0.25, 0.3) is 0 Å². The summed E-state index contributed by atoms with van der Waals surface area (Å²) in [6, 6.07) is 9.97. The van der Waals surface area contributed by atoms with Gasteiger partial charge in [0, 0.05) is 10.0 Å². The second kappa shape index (κ2) is 5.69. The lowest BCUT2D eigenvalue weighted by Crippen LogP contribution is -2.14. The molecule has 1 heterocycles. The van der Waals surface area contributed by atoms with E-state index in [1.165, 1.54) is 11.1 Å². The molecule has 0 aliphatic carbocycles. The largest absolute Gasteiger partial charge is 0.320 e. The number of carbonyl (C=O) groups is 1. The zero-order valence-electron chi connectivity index (χ0n) is 12.8. The van der Waals surface area contributed by atoms with Crippen LogP contribution in [0.1, 0.15) is 29.2 Å². The highest BCUT2D eigenvalue weighted by atomic mass is 79.9. The van der Waals surface area contributed by atoms with Gasteiger partial charge in [-0.15, -0.1) is 0 Å². The van der Waals surface area contributed by atoms with Gasteiger partial charge in [0.25, 0.3) is 5.91 Å². The molecule has 0 radical (unpaired) electrons. The van der Waals surface area contributed by atoms with E-state index in [0.717, 1.165) is 33.4 Å². The minimum atomic E-state index is -0.138. The summed E-state index contributed by atoms with van der Waals surface area (Å²) in [5.41, 5.74) is 6.55. The lowest BCUT2D eigenvalue weighted by Gasteiger charge is -2.06. The molecule has 0 bridgehead atoms. The molecule has 0 spiro atoms. The fraction of sp³-hybridized carbons (Fsp3) is 0.222. The van der Waals surface area contributed by atoms with Gasteiger partial charge in [-0.05, 0) is 61.2 Å². The van der Waals surface area contributed by atoms with Crippen molar-refractivity contribution in [3.63, 3.8) is 0 Å². The first kappa shape index (κ1) is 15.0. The number of benzene rings is 2. The Morgan fingerprint density at radius 3 is 2.59 bits per heavy atom. The second-order valence-electron chi connectivity index (χ2n) is 5.52. The highest BCUT2D eigenvalue weighted by molar-refractivity contribution is 9.10. The highest BCUT2D eigenvalue weighted by Crippen LogP contribution is 2.33. The van der Waals surface area contributed by atoms with Crippen LogP contribution in [0.15, 0.2) is 39.8 Å². The third-order valence-corrected chi connectivity index (χ3v) is 4.46. The van der Waals surface area contributed by atoms with Crippen LogP contribution in [-0.2, 0) is 11.2 Å². The summed E-state index contributed by atoms with van der Waals surface area (Å²) in [6.45, 7) is 6.19. The van der Waals surface area contributed by atoms with Crippen molar-refractivity contribution in [2.75, 3.05) is 5.32 Å². The van der Waals surface area contributed by atoms with Crippen molar-refractivity contribution in [3.8, 4) is 0 Å². The molecule has 1 aliphatic heterocycles. The molecule has 0 fully saturated rings. The number of aliphatic imine (C=N–C) groups is 1. The number of aryl methyl sites for hydroxylation is 3. The molecule has 22 heavy (non-hydrogen) atoms. The third kappa shape index (κ3) is 2.59. The molecule has 1 aliphatic rings. The molecular weight excluding hydrogens is 340 g/mol. The van der Waals surface area contributed by atoms with E-state index in [1.54, 1.807) is 0 Å². The Labute approximate surface area is 138 Å². The van der Waals surface area contributed by atoms with Gasteiger partial charge in [-0.25, -0.2) is 4.99 Å². The van der Waals surface area contributed by atoms with Crippen LogP contribution in [0.5, 0.6) is 0 Å². The average Bonchev–Trinajstić information content (AvgIpc) is 2.78. The summed E-state index contributed by atoms with van der Waals surface area (Å²) in [6.07, 6.45) is 0.860. The van der Waals surface area contributed by atoms with E-state index in [1.807, 2.05) is 37.3 Å². The van der Waals surface area contributed by atoms with Crippen LogP contribution in [0, 0.1) is 13.8 Å². The number of nitrogens with one attached hydrogen (secondary N) is 1. The Hall–Kier alpha value is -1.94. The molecule has 2 aromatic rings. The predicted molar refractivity (Wildman–Crippen MR) is 94.3 cm³/mol. The molecule has 4 heteroatoms. The molecule has 0 saturated heterocycles. The van der Waals surface area contributed by atoms with Gasteiger partial charge in [0.2, 0.25) is 0 Å². The molecular formula is C18H17BrN2O. The molecule has 1 amide bonds. The van der Waals surface area contributed by atoms with Crippen LogP contribution in [0.4, 0.5) is 11.4 Å². The molecule has 2 aromatic carbocycles. The first-order valence-electron chi connectivity index (χ1n) is 7.29. The van der Waals surface area contributed by atoms with Gasteiger partial charge >= 0.3 is 0 Å². The number of halogens is 1. The molecule has 3 nitrogen and oxygen atoms in total. The Balaban J connectivity index is 2.13. The number of nitrogens with zero attached hydrogens (tertiary/aromatic N) is 1. The van der Waals surface area contributed by atoms with Crippen LogP contribution in [-0.4, -0.2) is 11.6 Å². The quantitative estimate of drug-likeness (QED) is 0.832. The Morgan fingerprint density at radius 2 is 1.91 bits per heavy atom. The Bertz CT molecular complexity index is 809. The second-order valence-corrected chi connectivity index (χ2v) is 6.44. The summed E-state index contributed by atoms with van der Waals surface area (Å²) in [7, 11) is 0. The molecule has 1 N–H and O–H groups in total. The zero-order chi connectivity index (χ0) is 15.9. The highest BCUT2D eigenvalue weighted by Gasteiger charge is 2.28.